The molecule has 0 aromatic heterocycles. The van der Waals surface area contributed by atoms with E-state index in [2.05, 4.69) is 48.8 Å². The summed E-state index contributed by atoms with van der Waals surface area (Å²) in [6.07, 6.45) is 1.53. The topological polar surface area (TPSA) is 20.2 Å². The Balaban J connectivity index is 3.00. The van der Waals surface area contributed by atoms with Crippen LogP contribution in [-0.4, -0.2) is 5.11 Å². The number of aliphatic hydroxyl groups excluding tert-OH is 1. The highest BCUT2D eigenvalue weighted by Crippen LogP contribution is 2.27. The molecule has 0 heterocycles. The van der Waals surface area contributed by atoms with Gasteiger partial charge in [-0.1, -0.05) is 41.4 Å². The average molecular weight is 257 g/mol. The van der Waals surface area contributed by atoms with E-state index in [0.29, 0.717) is 0 Å². The first-order valence-corrected chi connectivity index (χ1v) is 5.80. The van der Waals surface area contributed by atoms with Crippen LogP contribution in [0.3, 0.4) is 0 Å². The van der Waals surface area contributed by atoms with Crippen LogP contribution in [0.1, 0.15) is 42.6 Å². The minimum absolute atomic E-state index is 0.314. The molecule has 0 amide bonds. The van der Waals surface area contributed by atoms with Crippen LogP contribution in [0.5, 0.6) is 0 Å². The fourth-order valence-electron chi connectivity index (χ4n) is 1.61. The monoisotopic (exact) mass is 256 g/mol. The molecule has 14 heavy (non-hydrogen) atoms. The molecular formula is C12H17BrO. The lowest BCUT2D eigenvalue weighted by atomic mass is 10.0. The van der Waals surface area contributed by atoms with Gasteiger partial charge in [0.1, 0.15) is 0 Å². The van der Waals surface area contributed by atoms with Gasteiger partial charge in [0.2, 0.25) is 0 Å². The van der Waals surface area contributed by atoms with Gasteiger partial charge in [-0.3, -0.25) is 0 Å². The molecule has 1 nitrogen and oxygen atoms in total. The summed E-state index contributed by atoms with van der Waals surface area (Å²) in [7, 11) is 0. The van der Waals surface area contributed by atoms with Crippen LogP contribution >= 0.6 is 15.9 Å². The molecule has 1 aromatic rings. The van der Waals surface area contributed by atoms with Gasteiger partial charge in [0, 0.05) is 4.47 Å². The molecule has 0 saturated heterocycles. The number of aryl methyl sites for hydroxylation is 2. The summed E-state index contributed by atoms with van der Waals surface area (Å²) >= 11 is 3.52. The van der Waals surface area contributed by atoms with Gasteiger partial charge in [-0.25, -0.2) is 0 Å². The molecule has 0 bridgehead atoms. The summed E-state index contributed by atoms with van der Waals surface area (Å²) in [4.78, 5) is 0. The lowest BCUT2D eigenvalue weighted by Gasteiger charge is -2.13. The van der Waals surface area contributed by atoms with Crippen molar-refractivity contribution in [1.82, 2.24) is 0 Å². The largest absolute Gasteiger partial charge is 0.388 e. The molecule has 0 aliphatic rings. The zero-order valence-electron chi connectivity index (χ0n) is 8.97. The first-order valence-electron chi connectivity index (χ1n) is 5.01. The number of hydrogen-bond donors (Lipinski definition) is 1. The quantitative estimate of drug-likeness (QED) is 0.870. The highest BCUT2D eigenvalue weighted by atomic mass is 79.9. The molecule has 0 spiro atoms. The van der Waals surface area contributed by atoms with Crippen molar-refractivity contribution < 1.29 is 5.11 Å². The van der Waals surface area contributed by atoms with Crippen molar-refractivity contribution in [1.29, 1.82) is 0 Å². The Hall–Kier alpha value is -0.340. The number of benzene rings is 1. The van der Waals surface area contributed by atoms with E-state index in [0.717, 1.165) is 22.9 Å². The van der Waals surface area contributed by atoms with Crippen LogP contribution < -0.4 is 0 Å². The van der Waals surface area contributed by atoms with Crippen molar-refractivity contribution in [2.24, 2.45) is 0 Å². The van der Waals surface area contributed by atoms with Gasteiger partial charge in [0.25, 0.3) is 0 Å². The third kappa shape index (κ3) is 2.58. The van der Waals surface area contributed by atoms with Gasteiger partial charge in [-0.05, 0) is 37.0 Å². The normalized spacial score (nSPS) is 12.9. The van der Waals surface area contributed by atoms with Gasteiger partial charge in [-0.15, -0.1) is 0 Å². The summed E-state index contributed by atoms with van der Waals surface area (Å²) in [5.74, 6) is 0. The molecule has 1 N–H and O–H groups in total. The molecule has 0 aliphatic heterocycles. The number of rotatable bonds is 3. The lowest BCUT2D eigenvalue weighted by Crippen LogP contribution is -1.98. The molecule has 78 valence electrons. The molecule has 0 fully saturated rings. The molecule has 1 rings (SSSR count). The standard InChI is InChI=1S/C12H17BrO/c1-4-5-11(14)10-6-8(2)12(13)9(3)7-10/h6-7,11,14H,4-5H2,1-3H3/t11-/m1/s1. The van der Waals surface area contributed by atoms with Crippen molar-refractivity contribution in [2.45, 2.75) is 39.7 Å². The highest BCUT2D eigenvalue weighted by molar-refractivity contribution is 9.10. The zero-order chi connectivity index (χ0) is 10.7. The van der Waals surface area contributed by atoms with Crippen LogP contribution in [0.25, 0.3) is 0 Å². The first kappa shape index (κ1) is 11.7. The third-order valence-electron chi connectivity index (χ3n) is 2.41. The van der Waals surface area contributed by atoms with Gasteiger partial charge in [0.15, 0.2) is 0 Å². The molecule has 0 unspecified atom stereocenters. The Labute approximate surface area is 94.3 Å². The van der Waals surface area contributed by atoms with Gasteiger partial charge in [-0.2, -0.15) is 0 Å². The van der Waals surface area contributed by atoms with E-state index in [9.17, 15) is 5.11 Å². The Morgan fingerprint density at radius 3 is 2.21 bits per heavy atom. The number of aliphatic hydroxyl groups is 1. The molecule has 1 atom stereocenters. The maximum absolute atomic E-state index is 9.84. The summed E-state index contributed by atoms with van der Waals surface area (Å²) in [5.41, 5.74) is 3.41. The van der Waals surface area contributed by atoms with Crippen molar-refractivity contribution in [2.75, 3.05) is 0 Å². The predicted molar refractivity (Wildman–Crippen MR) is 63.5 cm³/mol. The molecular weight excluding hydrogens is 240 g/mol. The van der Waals surface area contributed by atoms with Crippen molar-refractivity contribution in [3.05, 3.63) is 33.3 Å². The Morgan fingerprint density at radius 1 is 1.29 bits per heavy atom. The molecule has 2 heteroatoms. The fraction of sp³-hybridized carbons (Fsp3) is 0.500. The predicted octanol–water partition coefficient (Wildman–Crippen LogP) is 3.90. The van der Waals surface area contributed by atoms with Crippen LogP contribution in [0.15, 0.2) is 16.6 Å². The summed E-state index contributed by atoms with van der Waals surface area (Å²) in [5, 5.41) is 9.84. The maximum atomic E-state index is 9.84. The second-order valence-electron chi connectivity index (χ2n) is 3.77. The Bertz CT molecular complexity index is 297. The smallest absolute Gasteiger partial charge is 0.0790 e. The Kier molecular flexibility index (Phi) is 4.14. The Morgan fingerprint density at radius 2 is 1.79 bits per heavy atom. The van der Waals surface area contributed by atoms with E-state index < -0.39 is 0 Å². The summed E-state index contributed by atoms with van der Waals surface area (Å²) in [6, 6.07) is 4.11. The number of halogens is 1. The van der Waals surface area contributed by atoms with E-state index in [1.165, 1.54) is 11.1 Å². The molecule has 1 aromatic carbocycles. The minimum Gasteiger partial charge on any atom is -0.388 e. The van der Waals surface area contributed by atoms with Crippen LogP contribution in [-0.2, 0) is 0 Å². The second kappa shape index (κ2) is 4.94. The highest BCUT2D eigenvalue weighted by Gasteiger charge is 2.09. The van der Waals surface area contributed by atoms with Gasteiger partial charge >= 0.3 is 0 Å². The van der Waals surface area contributed by atoms with Crippen molar-refractivity contribution >= 4 is 15.9 Å². The maximum Gasteiger partial charge on any atom is 0.0790 e. The SMILES string of the molecule is CCC[C@@H](O)c1cc(C)c(Br)c(C)c1. The van der Waals surface area contributed by atoms with E-state index in [4.69, 9.17) is 0 Å². The van der Waals surface area contributed by atoms with Gasteiger partial charge < -0.3 is 5.11 Å². The zero-order valence-corrected chi connectivity index (χ0v) is 10.6. The molecule has 0 radical (unpaired) electrons. The van der Waals surface area contributed by atoms with E-state index in [1.807, 2.05) is 0 Å². The van der Waals surface area contributed by atoms with Crippen molar-refractivity contribution in [3.8, 4) is 0 Å². The van der Waals surface area contributed by atoms with E-state index in [1.54, 1.807) is 0 Å². The first-order chi connectivity index (χ1) is 6.56. The average Bonchev–Trinajstić information content (AvgIpc) is 2.13. The summed E-state index contributed by atoms with van der Waals surface area (Å²) < 4.78 is 1.14. The van der Waals surface area contributed by atoms with Gasteiger partial charge in [0.05, 0.1) is 6.10 Å². The minimum atomic E-state index is -0.314. The van der Waals surface area contributed by atoms with Crippen LogP contribution in [0.2, 0.25) is 0 Å². The summed E-state index contributed by atoms with van der Waals surface area (Å²) in [6.45, 7) is 6.19. The third-order valence-corrected chi connectivity index (χ3v) is 3.66. The van der Waals surface area contributed by atoms with E-state index >= 15 is 0 Å². The molecule has 0 aliphatic carbocycles. The van der Waals surface area contributed by atoms with Crippen molar-refractivity contribution in [3.63, 3.8) is 0 Å². The lowest BCUT2D eigenvalue weighted by molar-refractivity contribution is 0.166. The fourth-order valence-corrected chi connectivity index (χ4v) is 1.84. The van der Waals surface area contributed by atoms with Crippen LogP contribution in [0.4, 0.5) is 0 Å². The second-order valence-corrected chi connectivity index (χ2v) is 4.57. The number of hydrogen-bond acceptors (Lipinski definition) is 1. The van der Waals surface area contributed by atoms with Crippen LogP contribution in [0, 0.1) is 13.8 Å². The molecule has 0 saturated carbocycles. The van der Waals surface area contributed by atoms with E-state index in [-0.39, 0.29) is 6.10 Å².